The summed E-state index contributed by atoms with van der Waals surface area (Å²) >= 11 is 0. The molecule has 0 spiro atoms. The van der Waals surface area contributed by atoms with E-state index in [1.807, 2.05) is 6.92 Å². The van der Waals surface area contributed by atoms with Gasteiger partial charge in [0.2, 0.25) is 5.91 Å². The van der Waals surface area contributed by atoms with Crippen molar-refractivity contribution in [3.63, 3.8) is 0 Å². The lowest BCUT2D eigenvalue weighted by atomic mass is 10.1. The van der Waals surface area contributed by atoms with E-state index in [1.54, 1.807) is 0 Å². The van der Waals surface area contributed by atoms with E-state index in [-0.39, 0.29) is 11.9 Å². The highest BCUT2D eigenvalue weighted by molar-refractivity contribution is 5.94. The minimum Gasteiger partial charge on any atom is -0.338 e. The van der Waals surface area contributed by atoms with E-state index in [0.29, 0.717) is 18.9 Å². The fourth-order valence-corrected chi connectivity index (χ4v) is 1.05. The van der Waals surface area contributed by atoms with E-state index in [0.717, 1.165) is 19.3 Å². The maximum Gasteiger partial charge on any atom is 0.321 e. The van der Waals surface area contributed by atoms with Gasteiger partial charge in [0, 0.05) is 13.0 Å². The van der Waals surface area contributed by atoms with E-state index in [1.165, 1.54) is 0 Å². The molecule has 4 heteroatoms. The molecule has 0 aliphatic heterocycles. The van der Waals surface area contributed by atoms with Gasteiger partial charge in [0.05, 0.1) is 0 Å². The van der Waals surface area contributed by atoms with Crippen molar-refractivity contribution in [2.45, 2.75) is 46.5 Å². The summed E-state index contributed by atoms with van der Waals surface area (Å²) in [6.07, 6.45) is 3.14. The molecule has 0 atom stereocenters. The third-order valence-corrected chi connectivity index (χ3v) is 2.02. The molecule has 88 valence electrons. The maximum absolute atomic E-state index is 11.2. The number of hydrogen-bond donors (Lipinski definition) is 2. The van der Waals surface area contributed by atoms with Gasteiger partial charge in [-0.25, -0.2) is 4.79 Å². The standard InChI is InChI=1S/C11H22N2O2/c1-4-5-6-10(14)13-11(15)12-8-7-9(2)3/h9H,4-8H2,1-3H3,(H2,12,13,14,15). The second-order valence-corrected chi connectivity index (χ2v) is 4.09. The summed E-state index contributed by atoms with van der Waals surface area (Å²) in [4.78, 5) is 22.3. The van der Waals surface area contributed by atoms with Crippen LogP contribution in [0, 0.1) is 5.92 Å². The number of urea groups is 1. The van der Waals surface area contributed by atoms with Crippen molar-refractivity contribution in [3.8, 4) is 0 Å². The van der Waals surface area contributed by atoms with Crippen LogP contribution in [0.3, 0.4) is 0 Å². The Morgan fingerprint density at radius 1 is 1.27 bits per heavy atom. The quantitative estimate of drug-likeness (QED) is 0.711. The second-order valence-electron chi connectivity index (χ2n) is 4.09. The topological polar surface area (TPSA) is 58.2 Å². The van der Waals surface area contributed by atoms with Crippen molar-refractivity contribution < 1.29 is 9.59 Å². The Morgan fingerprint density at radius 3 is 2.47 bits per heavy atom. The van der Waals surface area contributed by atoms with Crippen LogP contribution in [0.15, 0.2) is 0 Å². The van der Waals surface area contributed by atoms with Gasteiger partial charge in [-0.2, -0.15) is 0 Å². The summed E-state index contributed by atoms with van der Waals surface area (Å²) in [5.41, 5.74) is 0. The van der Waals surface area contributed by atoms with E-state index in [4.69, 9.17) is 0 Å². The minimum atomic E-state index is -0.378. The van der Waals surface area contributed by atoms with Crippen molar-refractivity contribution in [1.82, 2.24) is 10.6 Å². The number of imide groups is 1. The molecule has 15 heavy (non-hydrogen) atoms. The van der Waals surface area contributed by atoms with E-state index in [9.17, 15) is 9.59 Å². The molecule has 0 aromatic rings. The first-order valence-corrected chi connectivity index (χ1v) is 5.64. The van der Waals surface area contributed by atoms with Crippen LogP contribution >= 0.6 is 0 Å². The molecular formula is C11H22N2O2. The normalized spacial score (nSPS) is 10.1. The number of amides is 3. The molecular weight excluding hydrogens is 192 g/mol. The van der Waals surface area contributed by atoms with Gasteiger partial charge in [-0.1, -0.05) is 27.2 Å². The second kappa shape index (κ2) is 8.26. The van der Waals surface area contributed by atoms with Gasteiger partial charge >= 0.3 is 6.03 Å². The molecule has 0 aromatic carbocycles. The lowest BCUT2D eigenvalue weighted by Crippen LogP contribution is -2.39. The summed E-state index contributed by atoms with van der Waals surface area (Å²) in [6, 6.07) is -0.378. The molecule has 2 N–H and O–H groups in total. The predicted octanol–water partition coefficient (Wildman–Crippen LogP) is 2.05. The average Bonchev–Trinajstić information content (AvgIpc) is 2.14. The van der Waals surface area contributed by atoms with Crippen molar-refractivity contribution in [2.24, 2.45) is 5.92 Å². The number of unbranched alkanes of at least 4 members (excludes halogenated alkanes) is 1. The van der Waals surface area contributed by atoms with Crippen LogP contribution < -0.4 is 10.6 Å². The Bertz CT molecular complexity index is 203. The summed E-state index contributed by atoms with van der Waals surface area (Å²) in [7, 11) is 0. The molecule has 0 bridgehead atoms. The summed E-state index contributed by atoms with van der Waals surface area (Å²) in [5.74, 6) is 0.361. The van der Waals surface area contributed by atoms with Crippen LogP contribution in [0.1, 0.15) is 46.5 Å². The Kier molecular flexibility index (Phi) is 7.68. The van der Waals surface area contributed by atoms with Gasteiger partial charge in [0.25, 0.3) is 0 Å². The predicted molar refractivity (Wildman–Crippen MR) is 60.5 cm³/mol. The van der Waals surface area contributed by atoms with Gasteiger partial charge < -0.3 is 5.32 Å². The van der Waals surface area contributed by atoms with Crippen molar-refractivity contribution in [2.75, 3.05) is 6.54 Å². The number of hydrogen-bond acceptors (Lipinski definition) is 2. The lowest BCUT2D eigenvalue weighted by molar-refractivity contribution is -0.120. The highest BCUT2D eigenvalue weighted by atomic mass is 16.2. The molecule has 0 saturated heterocycles. The average molecular weight is 214 g/mol. The largest absolute Gasteiger partial charge is 0.338 e. The van der Waals surface area contributed by atoms with Gasteiger partial charge in [-0.3, -0.25) is 10.1 Å². The Hall–Kier alpha value is -1.06. The van der Waals surface area contributed by atoms with Crippen LogP contribution in [0.2, 0.25) is 0 Å². The fourth-order valence-electron chi connectivity index (χ4n) is 1.05. The minimum absolute atomic E-state index is 0.195. The molecule has 0 unspecified atom stereocenters. The van der Waals surface area contributed by atoms with E-state index < -0.39 is 0 Å². The Morgan fingerprint density at radius 2 is 1.93 bits per heavy atom. The van der Waals surface area contributed by atoms with E-state index in [2.05, 4.69) is 24.5 Å². The zero-order chi connectivity index (χ0) is 11.7. The van der Waals surface area contributed by atoms with Crippen LogP contribution in [0.5, 0.6) is 0 Å². The SMILES string of the molecule is CCCCC(=O)NC(=O)NCCC(C)C. The molecule has 0 heterocycles. The highest BCUT2D eigenvalue weighted by Gasteiger charge is 2.05. The number of carbonyl (C=O) groups is 2. The first kappa shape index (κ1) is 13.9. The van der Waals surface area contributed by atoms with Crippen molar-refractivity contribution in [3.05, 3.63) is 0 Å². The third-order valence-electron chi connectivity index (χ3n) is 2.02. The molecule has 0 aromatic heterocycles. The van der Waals surface area contributed by atoms with Gasteiger partial charge in [-0.05, 0) is 18.8 Å². The summed E-state index contributed by atoms with van der Waals surface area (Å²) in [6.45, 7) is 6.80. The number of nitrogens with one attached hydrogen (secondary N) is 2. The summed E-state index contributed by atoms with van der Waals surface area (Å²) < 4.78 is 0. The van der Waals surface area contributed by atoms with Crippen molar-refractivity contribution >= 4 is 11.9 Å². The monoisotopic (exact) mass is 214 g/mol. The van der Waals surface area contributed by atoms with Crippen molar-refractivity contribution in [1.29, 1.82) is 0 Å². The molecule has 0 aliphatic carbocycles. The molecule has 0 rings (SSSR count). The molecule has 0 saturated carbocycles. The molecule has 3 amide bonds. The molecule has 0 radical (unpaired) electrons. The number of rotatable bonds is 6. The first-order valence-electron chi connectivity index (χ1n) is 5.64. The zero-order valence-corrected chi connectivity index (χ0v) is 9.93. The smallest absolute Gasteiger partial charge is 0.321 e. The van der Waals surface area contributed by atoms with E-state index >= 15 is 0 Å². The first-order chi connectivity index (χ1) is 7.06. The maximum atomic E-state index is 11.2. The van der Waals surface area contributed by atoms with Crippen LogP contribution in [-0.4, -0.2) is 18.5 Å². The fraction of sp³-hybridized carbons (Fsp3) is 0.818. The number of carbonyl (C=O) groups excluding carboxylic acids is 2. The van der Waals surface area contributed by atoms with Gasteiger partial charge in [-0.15, -0.1) is 0 Å². The van der Waals surface area contributed by atoms with Crippen LogP contribution in [-0.2, 0) is 4.79 Å². The van der Waals surface area contributed by atoms with Gasteiger partial charge in [0.1, 0.15) is 0 Å². The van der Waals surface area contributed by atoms with Crippen LogP contribution in [0.25, 0.3) is 0 Å². The molecule has 4 nitrogen and oxygen atoms in total. The third kappa shape index (κ3) is 9.25. The van der Waals surface area contributed by atoms with Gasteiger partial charge in [0.15, 0.2) is 0 Å². The Balaban J connectivity index is 3.51. The summed E-state index contributed by atoms with van der Waals surface area (Å²) in [5, 5.41) is 4.95. The highest BCUT2D eigenvalue weighted by Crippen LogP contribution is 1.96. The molecule has 0 fully saturated rings. The zero-order valence-electron chi connectivity index (χ0n) is 9.93. The van der Waals surface area contributed by atoms with Crippen LogP contribution in [0.4, 0.5) is 4.79 Å². The Labute approximate surface area is 91.8 Å². The lowest BCUT2D eigenvalue weighted by Gasteiger charge is -2.07. The molecule has 0 aliphatic rings.